The molecule has 3 heterocycles. The van der Waals surface area contributed by atoms with Gasteiger partial charge in [-0.25, -0.2) is 9.78 Å². The molecule has 3 rings (SSSR count). The van der Waals surface area contributed by atoms with Crippen molar-refractivity contribution in [3.8, 4) is 0 Å². The van der Waals surface area contributed by atoms with Crippen molar-refractivity contribution in [3.63, 3.8) is 0 Å². The zero-order valence-electron chi connectivity index (χ0n) is 14.7. The van der Waals surface area contributed by atoms with Crippen LogP contribution in [0.15, 0.2) is 16.7 Å². The maximum absolute atomic E-state index is 12.5. The first-order valence-corrected chi connectivity index (χ1v) is 9.54. The molecule has 0 bridgehead atoms. The van der Waals surface area contributed by atoms with Gasteiger partial charge >= 0.3 is 6.09 Å². The number of pyridine rings is 1. The number of aromatic nitrogens is 1. The number of carbonyl (C=O) groups is 1. The van der Waals surface area contributed by atoms with Crippen molar-refractivity contribution in [2.75, 3.05) is 32.8 Å². The molecule has 2 aliphatic rings. The van der Waals surface area contributed by atoms with Gasteiger partial charge in [0, 0.05) is 19.6 Å². The van der Waals surface area contributed by atoms with Crippen LogP contribution in [0.5, 0.6) is 0 Å². The Balaban J connectivity index is 1.82. The van der Waals surface area contributed by atoms with Crippen LogP contribution in [0.2, 0.25) is 5.15 Å². The molecule has 0 saturated carbocycles. The van der Waals surface area contributed by atoms with E-state index in [4.69, 9.17) is 21.1 Å². The fourth-order valence-electron chi connectivity index (χ4n) is 3.11. The van der Waals surface area contributed by atoms with Gasteiger partial charge in [-0.05, 0) is 54.4 Å². The van der Waals surface area contributed by atoms with E-state index in [9.17, 15) is 4.79 Å². The maximum atomic E-state index is 12.5. The Bertz CT molecular complexity index is 628. The lowest BCUT2D eigenvalue weighted by molar-refractivity contribution is -0.0974. The summed E-state index contributed by atoms with van der Waals surface area (Å²) in [5.41, 5.74) is 0.529. The molecule has 0 N–H and O–H groups in total. The largest absolute Gasteiger partial charge is 0.444 e. The summed E-state index contributed by atoms with van der Waals surface area (Å²) in [5, 5.41) is 0.434. The van der Waals surface area contributed by atoms with Crippen LogP contribution in [0.4, 0.5) is 4.79 Å². The summed E-state index contributed by atoms with van der Waals surface area (Å²) in [6.07, 6.45) is -0.277. The fourth-order valence-corrected chi connectivity index (χ4v) is 3.89. The highest BCUT2D eigenvalue weighted by Gasteiger charge is 2.38. The van der Waals surface area contributed by atoms with Crippen LogP contribution in [-0.2, 0) is 9.47 Å². The van der Waals surface area contributed by atoms with Crippen molar-refractivity contribution >= 4 is 33.6 Å². The topological polar surface area (TPSA) is 54.9 Å². The molecule has 1 amide bonds. The highest BCUT2D eigenvalue weighted by molar-refractivity contribution is 9.10. The minimum Gasteiger partial charge on any atom is -0.444 e. The molecule has 0 aromatic carbocycles. The van der Waals surface area contributed by atoms with Crippen LogP contribution in [0, 0.1) is 0 Å². The number of halogens is 2. The van der Waals surface area contributed by atoms with Crippen molar-refractivity contribution in [3.05, 3.63) is 27.5 Å². The molecule has 2 fully saturated rings. The first-order valence-electron chi connectivity index (χ1n) is 8.37. The third-order valence-electron chi connectivity index (χ3n) is 4.33. The van der Waals surface area contributed by atoms with Gasteiger partial charge in [0.25, 0.3) is 0 Å². The van der Waals surface area contributed by atoms with E-state index in [1.807, 2.05) is 32.9 Å². The SMILES string of the molecule is CC(C)(C)OC(=O)N1CCN(C2COC2)[C@@H](c2cc(Cl)nc(Br)c2)C1. The second-order valence-electron chi connectivity index (χ2n) is 7.42. The average molecular weight is 433 g/mol. The zero-order chi connectivity index (χ0) is 18.2. The van der Waals surface area contributed by atoms with Gasteiger partial charge in [0.05, 0.1) is 25.3 Å². The smallest absolute Gasteiger partial charge is 0.410 e. The summed E-state index contributed by atoms with van der Waals surface area (Å²) >= 11 is 9.55. The standard InChI is InChI=1S/C17H23BrClN3O3/c1-17(2,3)25-16(23)21-4-5-22(12-9-24-10-12)13(8-21)11-6-14(18)20-15(19)7-11/h6-7,12-13H,4-5,8-10H2,1-3H3/t13-/m1/s1. The Hall–Kier alpha value is -0.890. The van der Waals surface area contributed by atoms with Crippen molar-refractivity contribution in [2.45, 2.75) is 38.5 Å². The van der Waals surface area contributed by atoms with E-state index in [0.29, 0.717) is 28.9 Å². The van der Waals surface area contributed by atoms with Crippen LogP contribution in [-0.4, -0.2) is 65.4 Å². The van der Waals surface area contributed by atoms with E-state index in [-0.39, 0.29) is 12.1 Å². The Morgan fingerprint density at radius 3 is 2.64 bits per heavy atom. The van der Waals surface area contributed by atoms with Crippen molar-refractivity contribution < 1.29 is 14.3 Å². The van der Waals surface area contributed by atoms with Crippen LogP contribution >= 0.6 is 27.5 Å². The molecule has 0 aliphatic carbocycles. The van der Waals surface area contributed by atoms with Gasteiger partial charge < -0.3 is 14.4 Å². The highest BCUT2D eigenvalue weighted by Crippen LogP contribution is 2.32. The third kappa shape index (κ3) is 4.64. The second-order valence-corrected chi connectivity index (χ2v) is 8.62. The molecule has 1 aromatic heterocycles. The molecule has 6 nitrogen and oxygen atoms in total. The molecule has 25 heavy (non-hydrogen) atoms. The summed E-state index contributed by atoms with van der Waals surface area (Å²) < 4.78 is 11.6. The summed E-state index contributed by atoms with van der Waals surface area (Å²) in [6.45, 7) is 9.06. The van der Waals surface area contributed by atoms with Crippen molar-refractivity contribution in [1.29, 1.82) is 0 Å². The average Bonchev–Trinajstić information content (AvgIpc) is 2.42. The number of hydrogen-bond acceptors (Lipinski definition) is 5. The van der Waals surface area contributed by atoms with Gasteiger partial charge in [-0.2, -0.15) is 0 Å². The number of ether oxygens (including phenoxy) is 2. The number of amides is 1. The van der Waals surface area contributed by atoms with E-state index in [1.165, 1.54) is 0 Å². The predicted molar refractivity (Wildman–Crippen MR) is 98.8 cm³/mol. The normalized spacial score (nSPS) is 22.6. The predicted octanol–water partition coefficient (Wildman–Crippen LogP) is 3.49. The quantitative estimate of drug-likeness (QED) is 0.670. The number of piperazine rings is 1. The summed E-state index contributed by atoms with van der Waals surface area (Å²) in [6, 6.07) is 4.23. The number of hydrogen-bond donors (Lipinski definition) is 0. The Kier molecular flexibility index (Phi) is 5.58. The van der Waals surface area contributed by atoms with E-state index in [0.717, 1.165) is 25.3 Å². The maximum Gasteiger partial charge on any atom is 0.410 e. The second kappa shape index (κ2) is 7.39. The van der Waals surface area contributed by atoms with Crippen LogP contribution < -0.4 is 0 Å². The minimum atomic E-state index is -0.505. The van der Waals surface area contributed by atoms with Gasteiger partial charge in [-0.1, -0.05) is 11.6 Å². The Morgan fingerprint density at radius 1 is 1.36 bits per heavy atom. The molecule has 138 valence electrons. The monoisotopic (exact) mass is 431 g/mol. The molecule has 0 spiro atoms. The minimum absolute atomic E-state index is 0.0342. The molecule has 1 aromatic rings. The van der Waals surface area contributed by atoms with Gasteiger partial charge in [0.15, 0.2) is 0 Å². The molecule has 2 aliphatic heterocycles. The molecule has 2 saturated heterocycles. The van der Waals surface area contributed by atoms with Gasteiger partial charge in [-0.15, -0.1) is 0 Å². The van der Waals surface area contributed by atoms with Crippen LogP contribution in [0.25, 0.3) is 0 Å². The van der Waals surface area contributed by atoms with E-state index in [1.54, 1.807) is 4.90 Å². The Labute approximate surface area is 161 Å². The Morgan fingerprint density at radius 2 is 2.08 bits per heavy atom. The van der Waals surface area contributed by atoms with E-state index >= 15 is 0 Å². The molecular weight excluding hydrogens is 410 g/mol. The number of rotatable bonds is 2. The first kappa shape index (κ1) is 18.9. The summed E-state index contributed by atoms with van der Waals surface area (Å²) in [7, 11) is 0. The zero-order valence-corrected chi connectivity index (χ0v) is 17.0. The van der Waals surface area contributed by atoms with Crippen molar-refractivity contribution in [1.82, 2.24) is 14.8 Å². The lowest BCUT2D eigenvalue weighted by atomic mass is 10.0. The van der Waals surface area contributed by atoms with E-state index in [2.05, 4.69) is 25.8 Å². The van der Waals surface area contributed by atoms with Gasteiger partial charge in [0.1, 0.15) is 15.4 Å². The van der Waals surface area contributed by atoms with Crippen LogP contribution in [0.3, 0.4) is 0 Å². The third-order valence-corrected chi connectivity index (χ3v) is 4.93. The summed E-state index contributed by atoms with van der Waals surface area (Å²) in [5.74, 6) is 0. The van der Waals surface area contributed by atoms with Gasteiger partial charge in [-0.3, -0.25) is 4.90 Å². The highest BCUT2D eigenvalue weighted by atomic mass is 79.9. The van der Waals surface area contributed by atoms with Crippen LogP contribution in [0.1, 0.15) is 32.4 Å². The van der Waals surface area contributed by atoms with E-state index < -0.39 is 5.60 Å². The lowest BCUT2D eigenvalue weighted by Gasteiger charge is -2.47. The molecule has 1 atom stereocenters. The molecule has 0 radical (unpaired) electrons. The molecular formula is C17H23BrClN3O3. The summed E-state index contributed by atoms with van der Waals surface area (Å²) in [4.78, 5) is 20.8. The molecule has 0 unspecified atom stereocenters. The number of carbonyl (C=O) groups excluding carboxylic acids is 1. The first-order chi connectivity index (χ1) is 11.7. The van der Waals surface area contributed by atoms with Crippen molar-refractivity contribution in [2.24, 2.45) is 0 Å². The molecule has 8 heteroatoms. The lowest BCUT2D eigenvalue weighted by Crippen LogP contribution is -2.59. The fraction of sp³-hybridized carbons (Fsp3) is 0.647. The van der Waals surface area contributed by atoms with Gasteiger partial charge in [0.2, 0.25) is 0 Å². The number of nitrogens with zero attached hydrogens (tertiary/aromatic N) is 3.